The van der Waals surface area contributed by atoms with Gasteiger partial charge in [0.25, 0.3) is 0 Å². The van der Waals surface area contributed by atoms with E-state index in [0.29, 0.717) is 6.04 Å². The number of nitrogens with one attached hydrogen (secondary N) is 1. The van der Waals surface area contributed by atoms with Crippen LogP contribution in [0.15, 0.2) is 42.5 Å². The van der Waals surface area contributed by atoms with Crippen molar-refractivity contribution in [2.24, 2.45) is 0 Å². The molecule has 1 N–H and O–H groups in total. The van der Waals surface area contributed by atoms with E-state index in [1.165, 1.54) is 18.4 Å². The van der Waals surface area contributed by atoms with Crippen molar-refractivity contribution in [2.45, 2.75) is 32.4 Å². The van der Waals surface area contributed by atoms with Gasteiger partial charge in [-0.25, -0.2) is 4.39 Å². The minimum absolute atomic E-state index is 0.180. The van der Waals surface area contributed by atoms with Crippen LogP contribution in [0.3, 0.4) is 0 Å². The Labute approximate surface area is 125 Å². The third-order valence-corrected chi connectivity index (χ3v) is 3.98. The fourth-order valence-electron chi connectivity index (χ4n) is 2.56. The molecule has 0 atom stereocenters. The molecule has 0 saturated heterocycles. The SMILES string of the molecule is Cc1ccccc1N(C)c1cc(F)cc(CNC2CC2)c1. The summed E-state index contributed by atoms with van der Waals surface area (Å²) in [5.74, 6) is -0.180. The van der Waals surface area contributed by atoms with Crippen LogP contribution in [0.4, 0.5) is 15.8 Å². The highest BCUT2D eigenvalue weighted by molar-refractivity contribution is 5.66. The summed E-state index contributed by atoms with van der Waals surface area (Å²) < 4.78 is 13.9. The molecule has 110 valence electrons. The van der Waals surface area contributed by atoms with Gasteiger partial charge in [0.15, 0.2) is 0 Å². The fourth-order valence-corrected chi connectivity index (χ4v) is 2.56. The largest absolute Gasteiger partial charge is 0.344 e. The van der Waals surface area contributed by atoms with Crippen LogP contribution in [0.5, 0.6) is 0 Å². The molecule has 3 rings (SSSR count). The Morgan fingerprint density at radius 2 is 1.95 bits per heavy atom. The molecule has 3 heteroatoms. The van der Waals surface area contributed by atoms with Gasteiger partial charge in [-0.1, -0.05) is 18.2 Å². The van der Waals surface area contributed by atoms with Gasteiger partial charge in [0.2, 0.25) is 0 Å². The second kappa shape index (κ2) is 5.86. The molecule has 1 aliphatic carbocycles. The molecule has 0 bridgehead atoms. The van der Waals surface area contributed by atoms with Crippen molar-refractivity contribution >= 4 is 11.4 Å². The zero-order valence-electron chi connectivity index (χ0n) is 12.6. The summed E-state index contributed by atoms with van der Waals surface area (Å²) in [6.07, 6.45) is 2.48. The first kappa shape index (κ1) is 14.1. The van der Waals surface area contributed by atoms with Crippen LogP contribution in [0.25, 0.3) is 0 Å². The summed E-state index contributed by atoms with van der Waals surface area (Å²) in [4.78, 5) is 2.04. The number of hydrogen-bond acceptors (Lipinski definition) is 2. The number of aryl methyl sites for hydroxylation is 1. The molecule has 2 nitrogen and oxygen atoms in total. The van der Waals surface area contributed by atoms with Gasteiger partial charge in [0.1, 0.15) is 5.82 Å². The molecule has 0 radical (unpaired) electrons. The fraction of sp³-hybridized carbons (Fsp3) is 0.333. The van der Waals surface area contributed by atoms with Gasteiger partial charge in [0, 0.05) is 31.0 Å². The summed E-state index contributed by atoms with van der Waals surface area (Å²) in [7, 11) is 1.98. The van der Waals surface area contributed by atoms with E-state index in [1.807, 2.05) is 24.1 Å². The van der Waals surface area contributed by atoms with E-state index in [2.05, 4.69) is 30.4 Å². The van der Waals surface area contributed by atoms with Crippen molar-refractivity contribution in [3.05, 3.63) is 59.4 Å². The van der Waals surface area contributed by atoms with Gasteiger partial charge in [-0.2, -0.15) is 0 Å². The lowest BCUT2D eigenvalue weighted by atomic mass is 10.1. The number of rotatable bonds is 5. The average molecular weight is 284 g/mol. The molecule has 0 heterocycles. The second-order valence-electron chi connectivity index (χ2n) is 5.82. The van der Waals surface area contributed by atoms with Crippen molar-refractivity contribution in [3.8, 4) is 0 Å². The molecular formula is C18H21FN2. The van der Waals surface area contributed by atoms with E-state index in [-0.39, 0.29) is 5.82 Å². The van der Waals surface area contributed by atoms with E-state index >= 15 is 0 Å². The molecule has 1 aliphatic rings. The number of anilines is 2. The lowest BCUT2D eigenvalue weighted by molar-refractivity contribution is 0.619. The van der Waals surface area contributed by atoms with Crippen LogP contribution in [-0.4, -0.2) is 13.1 Å². The Morgan fingerprint density at radius 3 is 2.67 bits per heavy atom. The van der Waals surface area contributed by atoms with Crippen LogP contribution < -0.4 is 10.2 Å². The number of halogens is 1. The average Bonchev–Trinajstić information content (AvgIpc) is 3.28. The zero-order valence-corrected chi connectivity index (χ0v) is 12.6. The molecule has 0 aliphatic heterocycles. The second-order valence-corrected chi connectivity index (χ2v) is 5.82. The maximum absolute atomic E-state index is 13.9. The molecule has 1 saturated carbocycles. The summed E-state index contributed by atoms with van der Waals surface area (Å²) in [5, 5.41) is 3.43. The predicted octanol–water partition coefficient (Wildman–Crippen LogP) is 4.15. The summed E-state index contributed by atoms with van der Waals surface area (Å²) in [6.45, 7) is 2.80. The maximum atomic E-state index is 13.9. The number of nitrogens with zero attached hydrogens (tertiary/aromatic N) is 1. The quantitative estimate of drug-likeness (QED) is 0.887. The Hall–Kier alpha value is -1.87. The highest BCUT2D eigenvalue weighted by atomic mass is 19.1. The third-order valence-electron chi connectivity index (χ3n) is 3.98. The van der Waals surface area contributed by atoms with E-state index < -0.39 is 0 Å². The first-order chi connectivity index (χ1) is 10.1. The van der Waals surface area contributed by atoms with Crippen molar-refractivity contribution in [3.63, 3.8) is 0 Å². The smallest absolute Gasteiger partial charge is 0.125 e. The highest BCUT2D eigenvalue weighted by Crippen LogP contribution is 2.28. The van der Waals surface area contributed by atoms with Gasteiger partial charge >= 0.3 is 0 Å². The molecule has 0 amide bonds. The monoisotopic (exact) mass is 284 g/mol. The van der Waals surface area contributed by atoms with Crippen LogP contribution in [0.2, 0.25) is 0 Å². The van der Waals surface area contributed by atoms with Gasteiger partial charge in [-0.15, -0.1) is 0 Å². The number of para-hydroxylation sites is 1. The molecule has 2 aromatic carbocycles. The third kappa shape index (κ3) is 3.42. The summed E-state index contributed by atoms with van der Waals surface area (Å²) in [6, 6.07) is 14.0. The minimum atomic E-state index is -0.180. The molecule has 0 spiro atoms. The molecule has 2 aromatic rings. The van der Waals surface area contributed by atoms with Crippen LogP contribution in [0.1, 0.15) is 24.0 Å². The Bertz CT molecular complexity index is 635. The highest BCUT2D eigenvalue weighted by Gasteiger charge is 2.20. The molecule has 1 fully saturated rings. The first-order valence-corrected chi connectivity index (χ1v) is 7.46. The number of hydrogen-bond donors (Lipinski definition) is 1. The Morgan fingerprint density at radius 1 is 1.19 bits per heavy atom. The van der Waals surface area contributed by atoms with E-state index in [9.17, 15) is 4.39 Å². The number of benzene rings is 2. The van der Waals surface area contributed by atoms with Gasteiger partial charge in [0.05, 0.1) is 0 Å². The predicted molar refractivity (Wildman–Crippen MR) is 85.5 cm³/mol. The van der Waals surface area contributed by atoms with Gasteiger partial charge < -0.3 is 10.2 Å². The van der Waals surface area contributed by atoms with Gasteiger partial charge in [-0.05, 0) is 55.2 Å². The topological polar surface area (TPSA) is 15.3 Å². The van der Waals surface area contributed by atoms with Crippen molar-refractivity contribution in [2.75, 3.05) is 11.9 Å². The van der Waals surface area contributed by atoms with Crippen LogP contribution in [0, 0.1) is 12.7 Å². The lowest BCUT2D eigenvalue weighted by Crippen LogP contribution is -2.16. The van der Waals surface area contributed by atoms with E-state index in [0.717, 1.165) is 23.5 Å². The van der Waals surface area contributed by atoms with Crippen LogP contribution in [-0.2, 0) is 6.54 Å². The standard InChI is InChI=1S/C18H21FN2/c1-13-5-3-4-6-18(13)21(2)17-10-14(9-15(19)11-17)12-20-16-7-8-16/h3-6,9-11,16,20H,7-8,12H2,1-2H3. The molecule has 0 unspecified atom stereocenters. The van der Waals surface area contributed by atoms with Crippen molar-refractivity contribution < 1.29 is 4.39 Å². The summed E-state index contributed by atoms with van der Waals surface area (Å²) in [5.41, 5.74) is 4.17. The van der Waals surface area contributed by atoms with E-state index in [1.54, 1.807) is 12.1 Å². The zero-order chi connectivity index (χ0) is 14.8. The van der Waals surface area contributed by atoms with Crippen LogP contribution >= 0.6 is 0 Å². The molecule has 21 heavy (non-hydrogen) atoms. The van der Waals surface area contributed by atoms with Crippen molar-refractivity contribution in [1.82, 2.24) is 5.32 Å². The molecule has 0 aromatic heterocycles. The lowest BCUT2D eigenvalue weighted by Gasteiger charge is -2.22. The van der Waals surface area contributed by atoms with Crippen molar-refractivity contribution in [1.29, 1.82) is 0 Å². The Balaban J connectivity index is 1.84. The summed E-state index contributed by atoms with van der Waals surface area (Å²) >= 11 is 0. The Kier molecular flexibility index (Phi) is 3.93. The van der Waals surface area contributed by atoms with E-state index in [4.69, 9.17) is 0 Å². The normalized spacial score (nSPS) is 14.2. The maximum Gasteiger partial charge on any atom is 0.125 e. The minimum Gasteiger partial charge on any atom is -0.344 e. The first-order valence-electron chi connectivity index (χ1n) is 7.46. The van der Waals surface area contributed by atoms with Gasteiger partial charge in [-0.3, -0.25) is 0 Å². The molecular weight excluding hydrogens is 263 g/mol.